The molecule has 0 aliphatic heterocycles. The maximum Gasteiger partial charge on any atom is 0.294 e. The Morgan fingerprint density at radius 3 is 2.25 bits per heavy atom. The molecule has 0 N–H and O–H groups in total. The second kappa shape index (κ2) is 5.09. The number of benzene rings is 1. The first-order valence-corrected chi connectivity index (χ1v) is 6.06. The van der Waals surface area contributed by atoms with Gasteiger partial charge < -0.3 is 0 Å². The molecule has 0 fully saturated rings. The number of hydrogen-bond donors (Lipinski definition) is 0. The molecule has 12 heavy (non-hydrogen) atoms. The molecule has 0 saturated carbocycles. The SMILES string of the molecule is FC(F)SSc1ccc(Br)cc1. The molecule has 0 bridgehead atoms. The van der Waals surface area contributed by atoms with E-state index < -0.39 is 5.76 Å². The van der Waals surface area contributed by atoms with Gasteiger partial charge in [-0.15, -0.1) is 0 Å². The third-order valence-electron chi connectivity index (χ3n) is 1.03. The Labute approximate surface area is 85.6 Å². The van der Waals surface area contributed by atoms with E-state index in [1.54, 1.807) is 12.1 Å². The summed E-state index contributed by atoms with van der Waals surface area (Å²) in [5, 5.41) is 0. The van der Waals surface area contributed by atoms with Gasteiger partial charge in [-0.1, -0.05) is 26.7 Å². The first-order chi connectivity index (χ1) is 5.68. The van der Waals surface area contributed by atoms with Crippen molar-refractivity contribution in [3.8, 4) is 0 Å². The van der Waals surface area contributed by atoms with Gasteiger partial charge in [-0.3, -0.25) is 0 Å². The Bertz CT molecular complexity index is 238. The summed E-state index contributed by atoms with van der Waals surface area (Å²) in [5.74, 6) is -2.32. The van der Waals surface area contributed by atoms with Crippen molar-refractivity contribution in [2.45, 2.75) is 10.7 Å². The topological polar surface area (TPSA) is 0 Å². The van der Waals surface area contributed by atoms with E-state index in [-0.39, 0.29) is 0 Å². The summed E-state index contributed by atoms with van der Waals surface area (Å²) in [6.45, 7) is 0. The Morgan fingerprint density at radius 2 is 1.75 bits per heavy atom. The predicted molar refractivity (Wildman–Crippen MR) is 53.6 cm³/mol. The molecule has 1 aromatic rings. The van der Waals surface area contributed by atoms with Gasteiger partial charge in [0.1, 0.15) is 0 Å². The molecule has 0 aliphatic carbocycles. The summed E-state index contributed by atoms with van der Waals surface area (Å²) >= 11 is 3.26. The Morgan fingerprint density at radius 1 is 1.17 bits per heavy atom. The van der Waals surface area contributed by atoms with Gasteiger partial charge in [-0.2, -0.15) is 8.78 Å². The van der Waals surface area contributed by atoms with Crippen LogP contribution >= 0.6 is 37.5 Å². The van der Waals surface area contributed by atoms with Crippen LogP contribution in [0.25, 0.3) is 0 Å². The quantitative estimate of drug-likeness (QED) is 0.747. The minimum absolute atomic E-state index is 0.558. The standard InChI is InChI=1S/C7H5BrF2S2/c8-5-1-3-6(4-2-5)11-12-7(9)10/h1-4,7H. The summed E-state index contributed by atoms with van der Waals surface area (Å²) in [7, 11) is 1.64. The van der Waals surface area contributed by atoms with Gasteiger partial charge in [0.05, 0.1) is 0 Å². The lowest BCUT2D eigenvalue weighted by molar-refractivity contribution is 0.254. The molecule has 1 aromatic carbocycles. The van der Waals surface area contributed by atoms with E-state index in [1.165, 1.54) is 0 Å². The lowest BCUT2D eigenvalue weighted by Crippen LogP contribution is -1.75. The predicted octanol–water partition coefficient (Wildman–Crippen LogP) is 4.41. The molecular weight excluding hydrogens is 266 g/mol. The summed E-state index contributed by atoms with van der Waals surface area (Å²) in [4.78, 5) is 0.837. The highest BCUT2D eigenvalue weighted by molar-refractivity contribution is 9.10. The van der Waals surface area contributed by atoms with Crippen LogP contribution in [0.3, 0.4) is 0 Å². The number of halogens is 3. The largest absolute Gasteiger partial charge is 0.294 e. The zero-order valence-corrected chi connectivity index (χ0v) is 9.06. The van der Waals surface area contributed by atoms with E-state index in [0.29, 0.717) is 10.8 Å². The van der Waals surface area contributed by atoms with Crippen molar-refractivity contribution in [3.63, 3.8) is 0 Å². The molecule has 66 valence electrons. The smallest absolute Gasteiger partial charge is 0.197 e. The molecule has 0 atom stereocenters. The van der Waals surface area contributed by atoms with Crippen LogP contribution < -0.4 is 0 Å². The third-order valence-corrected chi connectivity index (χ3v) is 3.57. The van der Waals surface area contributed by atoms with Crippen LogP contribution in [0.2, 0.25) is 0 Å². The van der Waals surface area contributed by atoms with Crippen molar-refractivity contribution in [3.05, 3.63) is 28.7 Å². The Kier molecular flexibility index (Phi) is 4.39. The van der Waals surface area contributed by atoms with Crippen molar-refractivity contribution in [2.24, 2.45) is 0 Å². The molecule has 5 heteroatoms. The van der Waals surface area contributed by atoms with Crippen LogP contribution in [0.1, 0.15) is 0 Å². The van der Waals surface area contributed by atoms with Crippen molar-refractivity contribution >= 4 is 37.5 Å². The molecule has 0 spiro atoms. The van der Waals surface area contributed by atoms with Crippen LogP contribution in [-0.4, -0.2) is 5.76 Å². The van der Waals surface area contributed by atoms with Crippen LogP contribution in [0, 0.1) is 0 Å². The van der Waals surface area contributed by atoms with Gasteiger partial charge >= 0.3 is 0 Å². The molecular formula is C7H5BrF2S2. The van der Waals surface area contributed by atoms with Crippen molar-refractivity contribution in [1.29, 1.82) is 0 Å². The first-order valence-electron chi connectivity index (χ1n) is 3.05. The minimum atomic E-state index is -2.32. The molecule has 0 aromatic heterocycles. The van der Waals surface area contributed by atoms with E-state index in [1.807, 2.05) is 12.1 Å². The lowest BCUT2D eigenvalue weighted by atomic mass is 10.4. The molecule has 0 unspecified atom stereocenters. The Hall–Kier alpha value is 0.260. The molecule has 0 heterocycles. The maximum atomic E-state index is 11.7. The van der Waals surface area contributed by atoms with Crippen LogP contribution in [0.4, 0.5) is 8.78 Å². The average molecular weight is 271 g/mol. The van der Waals surface area contributed by atoms with Gasteiger partial charge in [0, 0.05) is 9.37 Å². The van der Waals surface area contributed by atoms with Crippen LogP contribution in [0.5, 0.6) is 0 Å². The van der Waals surface area contributed by atoms with Gasteiger partial charge in [-0.05, 0) is 35.1 Å². The fourth-order valence-electron chi connectivity index (χ4n) is 0.582. The molecule has 0 amide bonds. The second-order valence-corrected chi connectivity index (χ2v) is 5.07. The third kappa shape index (κ3) is 3.78. The van der Waals surface area contributed by atoms with Crippen molar-refractivity contribution in [2.75, 3.05) is 0 Å². The van der Waals surface area contributed by atoms with Crippen LogP contribution in [-0.2, 0) is 0 Å². The minimum Gasteiger partial charge on any atom is -0.197 e. The van der Waals surface area contributed by atoms with E-state index >= 15 is 0 Å². The first kappa shape index (κ1) is 10.3. The summed E-state index contributed by atoms with van der Waals surface area (Å²) < 4.78 is 24.4. The highest BCUT2D eigenvalue weighted by atomic mass is 79.9. The van der Waals surface area contributed by atoms with Crippen molar-refractivity contribution in [1.82, 2.24) is 0 Å². The lowest BCUT2D eigenvalue weighted by Gasteiger charge is -1.98. The molecule has 0 saturated heterocycles. The van der Waals surface area contributed by atoms with Crippen LogP contribution in [0.15, 0.2) is 33.6 Å². The van der Waals surface area contributed by atoms with Gasteiger partial charge in [-0.25, -0.2) is 0 Å². The highest BCUT2D eigenvalue weighted by Crippen LogP contribution is 2.35. The Balaban J connectivity index is 2.48. The number of alkyl halides is 2. The number of rotatable bonds is 3. The number of hydrogen-bond acceptors (Lipinski definition) is 2. The fraction of sp³-hybridized carbons (Fsp3) is 0.143. The normalized spacial score (nSPS) is 10.7. The fourth-order valence-corrected chi connectivity index (χ4v) is 2.16. The van der Waals surface area contributed by atoms with Gasteiger partial charge in [0.15, 0.2) is 0 Å². The van der Waals surface area contributed by atoms with Crippen molar-refractivity contribution < 1.29 is 8.78 Å². The zero-order chi connectivity index (χ0) is 8.97. The van der Waals surface area contributed by atoms with E-state index in [4.69, 9.17) is 0 Å². The van der Waals surface area contributed by atoms with Gasteiger partial charge in [0.25, 0.3) is 5.76 Å². The van der Waals surface area contributed by atoms with E-state index in [0.717, 1.165) is 20.2 Å². The van der Waals surface area contributed by atoms with E-state index in [9.17, 15) is 8.78 Å². The highest BCUT2D eigenvalue weighted by Gasteiger charge is 2.03. The van der Waals surface area contributed by atoms with E-state index in [2.05, 4.69) is 15.9 Å². The summed E-state index contributed by atoms with van der Waals surface area (Å²) in [6, 6.07) is 7.25. The second-order valence-electron chi connectivity index (χ2n) is 1.89. The molecule has 1 rings (SSSR count). The maximum absolute atomic E-state index is 11.7. The summed E-state index contributed by atoms with van der Waals surface area (Å²) in [6.07, 6.45) is 0. The zero-order valence-electron chi connectivity index (χ0n) is 5.84. The summed E-state index contributed by atoms with van der Waals surface area (Å²) in [5.41, 5.74) is 0. The molecule has 0 radical (unpaired) electrons. The molecule has 0 nitrogen and oxygen atoms in total. The average Bonchev–Trinajstić information content (AvgIpc) is 2.03. The monoisotopic (exact) mass is 270 g/mol. The van der Waals surface area contributed by atoms with Gasteiger partial charge in [0.2, 0.25) is 0 Å². The molecule has 0 aliphatic rings.